The summed E-state index contributed by atoms with van der Waals surface area (Å²) in [5.74, 6) is 2.66. The van der Waals surface area contributed by atoms with Gasteiger partial charge in [0.25, 0.3) is 0 Å². The Bertz CT molecular complexity index is 300. The number of nitrogens with one attached hydrogen (secondary N) is 1. The van der Waals surface area contributed by atoms with Crippen LogP contribution in [0.3, 0.4) is 0 Å². The van der Waals surface area contributed by atoms with Crippen LogP contribution in [0, 0.1) is 17.8 Å². The van der Waals surface area contributed by atoms with E-state index in [9.17, 15) is 0 Å². The van der Waals surface area contributed by atoms with E-state index in [1.807, 2.05) is 0 Å². The highest BCUT2D eigenvalue weighted by Gasteiger charge is 2.47. The Kier molecular flexibility index (Phi) is 1.42. The third-order valence-electron chi connectivity index (χ3n) is 3.79. The molecule has 1 aliphatic heterocycles. The van der Waals surface area contributed by atoms with Crippen molar-refractivity contribution in [3.8, 4) is 0 Å². The fourth-order valence-electron chi connectivity index (χ4n) is 2.90. The average molecular weight is 175 g/mol. The molecule has 1 fully saturated rings. The maximum absolute atomic E-state index is 3.62. The minimum Gasteiger partial charge on any atom is -0.382 e. The molecule has 0 radical (unpaired) electrons. The molecule has 3 unspecified atom stereocenters. The van der Waals surface area contributed by atoms with Crippen LogP contribution in [-0.4, -0.2) is 6.04 Å². The molecule has 0 amide bonds. The number of hydrogen-bond acceptors (Lipinski definition) is 1. The second-order valence-corrected chi connectivity index (χ2v) is 4.92. The van der Waals surface area contributed by atoms with Gasteiger partial charge in [0.2, 0.25) is 0 Å². The second-order valence-electron chi connectivity index (χ2n) is 4.92. The predicted molar refractivity (Wildman–Crippen MR) is 54.1 cm³/mol. The molecule has 2 aliphatic carbocycles. The van der Waals surface area contributed by atoms with Crippen molar-refractivity contribution in [2.45, 2.75) is 32.7 Å². The van der Waals surface area contributed by atoms with Crippen molar-refractivity contribution in [1.82, 2.24) is 5.32 Å². The molecule has 0 bridgehead atoms. The van der Waals surface area contributed by atoms with Crippen molar-refractivity contribution in [1.29, 1.82) is 0 Å². The molecule has 1 heterocycles. The van der Waals surface area contributed by atoms with E-state index in [0.29, 0.717) is 6.04 Å². The largest absolute Gasteiger partial charge is 0.382 e. The van der Waals surface area contributed by atoms with Crippen LogP contribution >= 0.6 is 0 Å². The quantitative estimate of drug-likeness (QED) is 0.596. The van der Waals surface area contributed by atoms with Gasteiger partial charge in [0.1, 0.15) is 0 Å². The third kappa shape index (κ3) is 1.06. The van der Waals surface area contributed by atoms with E-state index in [-0.39, 0.29) is 0 Å². The minimum absolute atomic E-state index is 0.710. The van der Waals surface area contributed by atoms with Crippen LogP contribution in [0.4, 0.5) is 0 Å². The molecular weight excluding hydrogens is 158 g/mol. The monoisotopic (exact) mass is 175 g/mol. The zero-order valence-electron chi connectivity index (χ0n) is 8.38. The van der Waals surface area contributed by atoms with E-state index in [1.54, 1.807) is 5.57 Å². The van der Waals surface area contributed by atoms with Crippen LogP contribution in [0.2, 0.25) is 0 Å². The molecule has 3 rings (SSSR count). The van der Waals surface area contributed by atoms with Crippen molar-refractivity contribution >= 4 is 0 Å². The van der Waals surface area contributed by atoms with E-state index < -0.39 is 0 Å². The molecule has 70 valence electrons. The summed E-state index contributed by atoms with van der Waals surface area (Å²) >= 11 is 0. The Morgan fingerprint density at radius 2 is 2.23 bits per heavy atom. The van der Waals surface area contributed by atoms with Gasteiger partial charge in [-0.05, 0) is 49.2 Å². The van der Waals surface area contributed by atoms with E-state index in [1.165, 1.54) is 18.5 Å². The van der Waals surface area contributed by atoms with E-state index in [2.05, 4.69) is 31.3 Å². The summed E-state index contributed by atoms with van der Waals surface area (Å²) in [6.45, 7) is 4.63. The van der Waals surface area contributed by atoms with Gasteiger partial charge in [-0.3, -0.25) is 0 Å². The lowest BCUT2D eigenvalue weighted by Gasteiger charge is -2.29. The van der Waals surface area contributed by atoms with E-state index in [4.69, 9.17) is 0 Å². The van der Waals surface area contributed by atoms with Crippen LogP contribution in [0.1, 0.15) is 26.7 Å². The molecule has 0 aromatic rings. The zero-order valence-corrected chi connectivity index (χ0v) is 8.38. The van der Waals surface area contributed by atoms with Crippen LogP contribution in [0.5, 0.6) is 0 Å². The molecule has 0 saturated heterocycles. The van der Waals surface area contributed by atoms with Gasteiger partial charge in [0.15, 0.2) is 0 Å². The molecule has 0 spiro atoms. The number of allylic oxidation sites excluding steroid dienone is 3. The van der Waals surface area contributed by atoms with Crippen molar-refractivity contribution < 1.29 is 0 Å². The highest BCUT2D eigenvalue weighted by molar-refractivity contribution is 5.37. The first kappa shape index (κ1) is 7.66. The summed E-state index contributed by atoms with van der Waals surface area (Å²) in [6, 6.07) is 0.710. The van der Waals surface area contributed by atoms with Gasteiger partial charge in [-0.2, -0.15) is 0 Å². The van der Waals surface area contributed by atoms with Crippen molar-refractivity contribution in [2.75, 3.05) is 0 Å². The van der Waals surface area contributed by atoms with Crippen LogP contribution in [-0.2, 0) is 0 Å². The first-order valence-electron chi connectivity index (χ1n) is 5.43. The lowest BCUT2D eigenvalue weighted by molar-refractivity contribution is 0.480. The molecule has 1 saturated carbocycles. The summed E-state index contributed by atoms with van der Waals surface area (Å²) in [5.41, 5.74) is 3.17. The van der Waals surface area contributed by atoms with E-state index >= 15 is 0 Å². The van der Waals surface area contributed by atoms with Crippen molar-refractivity contribution in [3.63, 3.8) is 0 Å². The summed E-state index contributed by atoms with van der Waals surface area (Å²) in [7, 11) is 0. The lowest BCUT2D eigenvalue weighted by Crippen LogP contribution is -2.33. The van der Waals surface area contributed by atoms with Crippen LogP contribution in [0.15, 0.2) is 23.4 Å². The normalized spacial score (nSPS) is 46.6. The highest BCUT2D eigenvalue weighted by atomic mass is 15.0. The van der Waals surface area contributed by atoms with Gasteiger partial charge >= 0.3 is 0 Å². The SMILES string of the molecule is CC1C=CC2=C(C1)C1C[C@H]1C(C)N2. The smallest absolute Gasteiger partial charge is 0.0334 e. The number of hydrogen-bond donors (Lipinski definition) is 1. The first-order valence-corrected chi connectivity index (χ1v) is 5.43. The molecule has 13 heavy (non-hydrogen) atoms. The highest BCUT2D eigenvalue weighted by Crippen LogP contribution is 2.52. The van der Waals surface area contributed by atoms with Gasteiger partial charge in [-0.25, -0.2) is 0 Å². The summed E-state index contributed by atoms with van der Waals surface area (Å²) in [6.07, 6.45) is 7.37. The summed E-state index contributed by atoms with van der Waals surface area (Å²) in [5, 5.41) is 3.62. The van der Waals surface area contributed by atoms with Crippen molar-refractivity contribution in [3.05, 3.63) is 23.4 Å². The van der Waals surface area contributed by atoms with Crippen molar-refractivity contribution in [2.24, 2.45) is 17.8 Å². The van der Waals surface area contributed by atoms with Crippen LogP contribution in [0.25, 0.3) is 0 Å². The van der Waals surface area contributed by atoms with Gasteiger partial charge in [0.05, 0.1) is 0 Å². The molecule has 1 nitrogen and oxygen atoms in total. The predicted octanol–water partition coefficient (Wildman–Crippen LogP) is 2.46. The molecular formula is C12H17N. The molecule has 4 atom stereocenters. The Balaban J connectivity index is 1.95. The Labute approximate surface area is 79.9 Å². The number of rotatable bonds is 0. The fraction of sp³-hybridized carbons (Fsp3) is 0.667. The topological polar surface area (TPSA) is 12.0 Å². The summed E-state index contributed by atoms with van der Waals surface area (Å²) < 4.78 is 0. The molecule has 1 N–H and O–H groups in total. The van der Waals surface area contributed by atoms with Gasteiger partial charge < -0.3 is 5.32 Å². The van der Waals surface area contributed by atoms with Gasteiger partial charge in [0, 0.05) is 11.7 Å². The maximum atomic E-state index is 3.62. The minimum atomic E-state index is 0.710. The first-order chi connectivity index (χ1) is 6.25. The van der Waals surface area contributed by atoms with E-state index in [0.717, 1.165) is 17.8 Å². The Morgan fingerprint density at radius 3 is 3.08 bits per heavy atom. The molecule has 0 aromatic heterocycles. The zero-order chi connectivity index (χ0) is 9.00. The maximum Gasteiger partial charge on any atom is 0.0334 e. The Morgan fingerprint density at radius 1 is 1.38 bits per heavy atom. The van der Waals surface area contributed by atoms with Gasteiger partial charge in [-0.1, -0.05) is 13.0 Å². The van der Waals surface area contributed by atoms with Gasteiger partial charge in [-0.15, -0.1) is 0 Å². The molecule has 0 aromatic carbocycles. The standard InChI is InChI=1S/C12H17N/c1-7-3-4-12-11(5-7)10-6-9(10)8(2)13-12/h3-4,7-10,13H,5-6H2,1-2H3/t7?,8?,9-,10?/m0/s1. The molecule has 1 heteroatoms. The molecule has 3 aliphatic rings. The number of fused-ring (bicyclic) bond motifs is 2. The van der Waals surface area contributed by atoms with Crippen LogP contribution < -0.4 is 5.32 Å². The Hall–Kier alpha value is -0.720. The average Bonchev–Trinajstić information content (AvgIpc) is 2.86. The second kappa shape index (κ2) is 2.40. The fourth-order valence-corrected chi connectivity index (χ4v) is 2.90. The third-order valence-corrected chi connectivity index (χ3v) is 3.79. The lowest BCUT2D eigenvalue weighted by atomic mass is 9.87. The summed E-state index contributed by atoms with van der Waals surface area (Å²) in [4.78, 5) is 0.